The maximum Gasteiger partial charge on any atom is 0.228 e. The lowest BCUT2D eigenvalue weighted by molar-refractivity contribution is -0.115. The quantitative estimate of drug-likeness (QED) is 0.543. The highest BCUT2D eigenvalue weighted by Crippen LogP contribution is 2.26. The first-order valence-electron chi connectivity index (χ1n) is 8.80. The molecule has 28 heavy (non-hydrogen) atoms. The average Bonchev–Trinajstić information content (AvgIpc) is 3.21. The molecule has 0 atom stereocenters. The standard InChI is InChI=1S/C22H17FN4O/c23-17-12-10-15(11-13-17)14-20(28)24-19-9-5-4-8-18(19)22-25-21(26-27-22)16-6-2-1-3-7-16/h1-13H,14H2,(H,24,28)(H,25,26,27). The van der Waals surface area contributed by atoms with Gasteiger partial charge in [0.2, 0.25) is 5.91 Å². The third-order valence-corrected chi connectivity index (χ3v) is 4.25. The van der Waals surface area contributed by atoms with Crippen molar-refractivity contribution in [3.8, 4) is 22.8 Å². The lowest BCUT2D eigenvalue weighted by Crippen LogP contribution is -2.15. The van der Waals surface area contributed by atoms with Crippen LogP contribution in [0.1, 0.15) is 5.56 Å². The van der Waals surface area contributed by atoms with E-state index >= 15 is 0 Å². The van der Waals surface area contributed by atoms with Gasteiger partial charge >= 0.3 is 0 Å². The molecule has 2 N–H and O–H groups in total. The monoisotopic (exact) mass is 372 g/mol. The molecule has 138 valence electrons. The summed E-state index contributed by atoms with van der Waals surface area (Å²) in [6.07, 6.45) is 0.153. The molecule has 4 rings (SSSR count). The molecular weight excluding hydrogens is 355 g/mol. The predicted molar refractivity (Wildman–Crippen MR) is 106 cm³/mol. The molecule has 0 saturated heterocycles. The fraction of sp³-hybridized carbons (Fsp3) is 0.0455. The third-order valence-electron chi connectivity index (χ3n) is 4.25. The molecule has 3 aromatic carbocycles. The molecule has 0 fully saturated rings. The van der Waals surface area contributed by atoms with Gasteiger partial charge < -0.3 is 5.32 Å². The number of rotatable bonds is 5. The number of hydrogen-bond donors (Lipinski definition) is 2. The Morgan fingerprint density at radius 2 is 1.64 bits per heavy atom. The zero-order valence-electron chi connectivity index (χ0n) is 14.9. The number of anilines is 1. The van der Waals surface area contributed by atoms with Crippen molar-refractivity contribution in [2.24, 2.45) is 0 Å². The number of carbonyl (C=O) groups excluding carboxylic acids is 1. The van der Waals surface area contributed by atoms with Gasteiger partial charge in [-0.3, -0.25) is 9.89 Å². The smallest absolute Gasteiger partial charge is 0.228 e. The first-order chi connectivity index (χ1) is 13.7. The van der Waals surface area contributed by atoms with Crippen molar-refractivity contribution in [1.82, 2.24) is 15.2 Å². The Hall–Kier alpha value is -3.80. The summed E-state index contributed by atoms with van der Waals surface area (Å²) in [4.78, 5) is 17.0. The number of benzene rings is 3. The van der Waals surface area contributed by atoms with Gasteiger partial charge in [-0.15, -0.1) is 0 Å². The van der Waals surface area contributed by atoms with Crippen molar-refractivity contribution in [3.63, 3.8) is 0 Å². The second-order valence-electron chi connectivity index (χ2n) is 6.27. The van der Waals surface area contributed by atoms with Crippen LogP contribution in [0.15, 0.2) is 78.9 Å². The fourth-order valence-corrected chi connectivity index (χ4v) is 2.88. The topological polar surface area (TPSA) is 70.7 Å². The molecular formula is C22H17FN4O. The highest BCUT2D eigenvalue weighted by atomic mass is 19.1. The molecule has 1 heterocycles. The molecule has 1 amide bonds. The third kappa shape index (κ3) is 3.96. The molecule has 6 heteroatoms. The maximum absolute atomic E-state index is 13.0. The van der Waals surface area contributed by atoms with E-state index < -0.39 is 0 Å². The van der Waals surface area contributed by atoms with E-state index in [0.717, 1.165) is 16.7 Å². The van der Waals surface area contributed by atoms with E-state index in [0.29, 0.717) is 17.3 Å². The zero-order valence-corrected chi connectivity index (χ0v) is 14.9. The minimum Gasteiger partial charge on any atom is -0.325 e. The summed E-state index contributed by atoms with van der Waals surface area (Å²) in [5.74, 6) is 0.635. The minimum absolute atomic E-state index is 0.153. The van der Waals surface area contributed by atoms with Gasteiger partial charge in [-0.25, -0.2) is 9.37 Å². The number of amides is 1. The van der Waals surface area contributed by atoms with Crippen LogP contribution in [0.25, 0.3) is 22.8 Å². The molecule has 1 aromatic heterocycles. The minimum atomic E-state index is -0.325. The van der Waals surface area contributed by atoms with E-state index in [1.807, 2.05) is 54.6 Å². The predicted octanol–water partition coefficient (Wildman–Crippen LogP) is 4.46. The Bertz CT molecular complexity index is 1090. The molecule has 5 nitrogen and oxygen atoms in total. The van der Waals surface area contributed by atoms with E-state index in [1.54, 1.807) is 12.1 Å². The van der Waals surface area contributed by atoms with Crippen LogP contribution in [0, 0.1) is 5.82 Å². The number of halogens is 1. The summed E-state index contributed by atoms with van der Waals surface area (Å²) in [6, 6.07) is 22.9. The van der Waals surface area contributed by atoms with Crippen LogP contribution < -0.4 is 5.32 Å². The summed E-state index contributed by atoms with van der Waals surface area (Å²) in [5, 5.41) is 10.1. The molecule has 0 unspecified atom stereocenters. The number of aromatic nitrogens is 3. The molecule has 0 aliphatic rings. The van der Waals surface area contributed by atoms with E-state index in [2.05, 4.69) is 20.5 Å². The summed E-state index contributed by atoms with van der Waals surface area (Å²) in [7, 11) is 0. The van der Waals surface area contributed by atoms with Crippen LogP contribution in [0.2, 0.25) is 0 Å². The summed E-state index contributed by atoms with van der Waals surface area (Å²) < 4.78 is 13.0. The maximum atomic E-state index is 13.0. The van der Waals surface area contributed by atoms with E-state index in [-0.39, 0.29) is 18.1 Å². The van der Waals surface area contributed by atoms with Gasteiger partial charge in [0.25, 0.3) is 0 Å². The van der Waals surface area contributed by atoms with Gasteiger partial charge in [0.1, 0.15) is 5.82 Å². The number of aromatic amines is 1. The number of para-hydroxylation sites is 1. The van der Waals surface area contributed by atoms with Gasteiger partial charge in [0, 0.05) is 11.1 Å². The van der Waals surface area contributed by atoms with Crippen LogP contribution in [0.5, 0.6) is 0 Å². The highest BCUT2D eigenvalue weighted by Gasteiger charge is 2.13. The second-order valence-corrected chi connectivity index (χ2v) is 6.27. The van der Waals surface area contributed by atoms with Gasteiger partial charge in [0.05, 0.1) is 12.1 Å². The Labute approximate surface area is 161 Å². The summed E-state index contributed by atoms with van der Waals surface area (Å²) >= 11 is 0. The van der Waals surface area contributed by atoms with E-state index in [1.165, 1.54) is 12.1 Å². The lowest BCUT2D eigenvalue weighted by Gasteiger charge is -2.09. The number of nitrogens with zero attached hydrogens (tertiary/aromatic N) is 2. The van der Waals surface area contributed by atoms with E-state index in [4.69, 9.17) is 0 Å². The Kier molecular flexibility index (Phi) is 4.93. The molecule has 0 spiro atoms. The van der Waals surface area contributed by atoms with Crippen molar-refractivity contribution in [2.75, 3.05) is 5.32 Å². The van der Waals surface area contributed by atoms with Crippen molar-refractivity contribution in [3.05, 3.63) is 90.2 Å². The molecule has 0 radical (unpaired) electrons. The molecule has 0 aliphatic heterocycles. The van der Waals surface area contributed by atoms with Gasteiger partial charge in [-0.2, -0.15) is 5.10 Å². The van der Waals surface area contributed by atoms with Crippen molar-refractivity contribution >= 4 is 11.6 Å². The van der Waals surface area contributed by atoms with Crippen LogP contribution in [-0.4, -0.2) is 21.1 Å². The number of carbonyl (C=O) groups is 1. The number of H-pyrrole nitrogens is 1. The van der Waals surface area contributed by atoms with Crippen molar-refractivity contribution < 1.29 is 9.18 Å². The van der Waals surface area contributed by atoms with Gasteiger partial charge in [0.15, 0.2) is 11.6 Å². The zero-order chi connectivity index (χ0) is 19.3. The van der Waals surface area contributed by atoms with Gasteiger partial charge in [-0.1, -0.05) is 54.6 Å². The largest absolute Gasteiger partial charge is 0.325 e. The van der Waals surface area contributed by atoms with Crippen LogP contribution in [0.3, 0.4) is 0 Å². The fourth-order valence-electron chi connectivity index (χ4n) is 2.88. The Balaban J connectivity index is 1.55. The van der Waals surface area contributed by atoms with Crippen molar-refractivity contribution in [2.45, 2.75) is 6.42 Å². The van der Waals surface area contributed by atoms with Gasteiger partial charge in [-0.05, 0) is 29.8 Å². The number of hydrogen-bond acceptors (Lipinski definition) is 3. The van der Waals surface area contributed by atoms with Crippen molar-refractivity contribution in [1.29, 1.82) is 0 Å². The second kappa shape index (κ2) is 7.84. The van der Waals surface area contributed by atoms with Crippen LogP contribution in [0.4, 0.5) is 10.1 Å². The number of nitrogens with one attached hydrogen (secondary N) is 2. The first kappa shape index (κ1) is 17.6. The van der Waals surface area contributed by atoms with Crippen LogP contribution >= 0.6 is 0 Å². The molecule has 0 saturated carbocycles. The highest BCUT2D eigenvalue weighted by molar-refractivity contribution is 5.95. The van der Waals surface area contributed by atoms with Crippen LogP contribution in [-0.2, 0) is 11.2 Å². The SMILES string of the molecule is O=C(Cc1ccc(F)cc1)Nc1ccccc1-c1nc(-c2ccccc2)n[nH]1. The summed E-state index contributed by atoms with van der Waals surface area (Å²) in [6.45, 7) is 0. The molecule has 4 aromatic rings. The normalized spacial score (nSPS) is 10.6. The Morgan fingerprint density at radius 3 is 2.43 bits per heavy atom. The average molecular weight is 372 g/mol. The first-order valence-corrected chi connectivity index (χ1v) is 8.80. The molecule has 0 aliphatic carbocycles. The lowest BCUT2D eigenvalue weighted by atomic mass is 10.1. The summed E-state index contributed by atoms with van der Waals surface area (Å²) in [5.41, 5.74) is 3.01. The van der Waals surface area contributed by atoms with E-state index in [9.17, 15) is 9.18 Å². The molecule has 0 bridgehead atoms. The Morgan fingerprint density at radius 1 is 0.929 bits per heavy atom.